The van der Waals surface area contributed by atoms with Crippen molar-refractivity contribution in [3.05, 3.63) is 24.0 Å². The van der Waals surface area contributed by atoms with E-state index in [1.54, 1.807) is 0 Å². The van der Waals surface area contributed by atoms with E-state index in [2.05, 4.69) is 5.32 Å². The van der Waals surface area contributed by atoms with E-state index in [1.165, 1.54) is 10.4 Å². The largest absolute Gasteiger partial charge is 0.319 e. The Kier molecular flexibility index (Phi) is 5.84. The maximum absolute atomic E-state index is 14.0. The van der Waals surface area contributed by atoms with Gasteiger partial charge in [0, 0.05) is 13.1 Å². The van der Waals surface area contributed by atoms with E-state index in [0.29, 0.717) is 19.0 Å². The van der Waals surface area contributed by atoms with Gasteiger partial charge < -0.3 is 5.32 Å². The molecule has 1 fully saturated rings. The average Bonchev–Trinajstić information content (AvgIpc) is 2.49. The van der Waals surface area contributed by atoms with Gasteiger partial charge in [-0.25, -0.2) is 21.2 Å². The fourth-order valence-electron chi connectivity index (χ4n) is 2.73. The molecule has 2 rings (SSSR count). The van der Waals surface area contributed by atoms with Crippen LogP contribution in [0.15, 0.2) is 23.1 Å². The second kappa shape index (κ2) is 7.34. The van der Waals surface area contributed by atoms with Crippen molar-refractivity contribution in [1.82, 2.24) is 9.62 Å². The van der Waals surface area contributed by atoms with Gasteiger partial charge in [0.2, 0.25) is 20.0 Å². The number of halogens is 1. The Balaban J connectivity index is 2.17. The summed E-state index contributed by atoms with van der Waals surface area (Å²) in [7, 11) is -5.56. The van der Waals surface area contributed by atoms with E-state index in [-0.39, 0.29) is 10.6 Å². The first kappa shape index (κ1) is 19.1. The predicted octanol–water partition coefficient (Wildman–Crippen LogP) is 0.817. The molecule has 1 aliphatic rings. The van der Waals surface area contributed by atoms with Crippen molar-refractivity contribution in [1.29, 1.82) is 0 Å². The number of nitrogens with one attached hydrogen (secondary N) is 2. The van der Waals surface area contributed by atoms with Gasteiger partial charge in [0.1, 0.15) is 5.82 Å². The molecule has 0 aliphatic carbocycles. The SMILES string of the molecule is CNCC1CCN(S(=O)(=O)c2ccc(NS(C)(=O)=O)c(F)c2)CC1. The van der Waals surface area contributed by atoms with Crippen molar-refractivity contribution in [3.8, 4) is 0 Å². The third-order valence-corrected chi connectivity index (χ3v) is 6.43. The van der Waals surface area contributed by atoms with E-state index >= 15 is 0 Å². The number of anilines is 1. The number of hydrogen-bond donors (Lipinski definition) is 2. The molecule has 0 saturated carbocycles. The smallest absolute Gasteiger partial charge is 0.243 e. The van der Waals surface area contributed by atoms with Gasteiger partial charge in [-0.3, -0.25) is 4.72 Å². The summed E-state index contributed by atoms with van der Waals surface area (Å²) in [6.45, 7) is 1.62. The monoisotopic (exact) mass is 379 g/mol. The van der Waals surface area contributed by atoms with Crippen LogP contribution in [0, 0.1) is 11.7 Å². The second-order valence-electron chi connectivity index (χ2n) is 5.92. The lowest BCUT2D eigenvalue weighted by Gasteiger charge is -2.31. The fraction of sp³-hybridized carbons (Fsp3) is 0.571. The molecule has 1 aliphatic heterocycles. The summed E-state index contributed by atoms with van der Waals surface area (Å²) in [4.78, 5) is -0.175. The predicted molar refractivity (Wildman–Crippen MR) is 90.3 cm³/mol. The molecule has 2 N–H and O–H groups in total. The standard InChI is InChI=1S/C14H22FN3O4S2/c1-16-10-11-5-7-18(8-6-11)24(21,22)12-3-4-14(13(15)9-12)17-23(2,19)20/h3-4,9,11,16-17H,5-8,10H2,1-2H3. The molecule has 10 heteroatoms. The van der Waals surface area contributed by atoms with Crippen LogP contribution in [0.1, 0.15) is 12.8 Å². The van der Waals surface area contributed by atoms with Crippen LogP contribution in [0.2, 0.25) is 0 Å². The topological polar surface area (TPSA) is 95.6 Å². The van der Waals surface area contributed by atoms with Gasteiger partial charge in [0.25, 0.3) is 0 Å². The summed E-state index contributed by atoms with van der Waals surface area (Å²) in [6.07, 6.45) is 2.39. The lowest BCUT2D eigenvalue weighted by atomic mass is 9.98. The number of nitrogens with zero attached hydrogens (tertiary/aromatic N) is 1. The van der Waals surface area contributed by atoms with E-state index in [0.717, 1.165) is 37.8 Å². The Morgan fingerprint density at radius 2 is 1.83 bits per heavy atom. The highest BCUT2D eigenvalue weighted by atomic mass is 32.2. The molecular weight excluding hydrogens is 357 g/mol. The number of rotatable bonds is 6. The van der Waals surface area contributed by atoms with E-state index < -0.39 is 25.9 Å². The summed E-state index contributed by atoms with van der Waals surface area (Å²) in [5.41, 5.74) is -0.274. The first-order valence-electron chi connectivity index (χ1n) is 7.55. The summed E-state index contributed by atoms with van der Waals surface area (Å²) in [5, 5.41) is 3.08. The second-order valence-corrected chi connectivity index (χ2v) is 9.61. The number of sulfonamides is 2. The molecular formula is C14H22FN3O4S2. The van der Waals surface area contributed by atoms with Crippen molar-refractivity contribution >= 4 is 25.7 Å². The van der Waals surface area contributed by atoms with Crippen LogP contribution in [0.5, 0.6) is 0 Å². The van der Waals surface area contributed by atoms with Crippen molar-refractivity contribution < 1.29 is 21.2 Å². The van der Waals surface area contributed by atoms with Gasteiger partial charge in [-0.05, 0) is 50.6 Å². The van der Waals surface area contributed by atoms with Gasteiger partial charge in [-0.15, -0.1) is 0 Å². The van der Waals surface area contributed by atoms with Crippen LogP contribution in [-0.2, 0) is 20.0 Å². The first-order valence-corrected chi connectivity index (χ1v) is 10.9. The molecule has 1 heterocycles. The third-order valence-electron chi connectivity index (χ3n) is 3.94. The molecule has 0 amide bonds. The lowest BCUT2D eigenvalue weighted by Crippen LogP contribution is -2.40. The first-order chi connectivity index (χ1) is 11.1. The van der Waals surface area contributed by atoms with E-state index in [4.69, 9.17) is 0 Å². The van der Waals surface area contributed by atoms with Crippen LogP contribution in [-0.4, -0.2) is 54.1 Å². The lowest BCUT2D eigenvalue weighted by molar-refractivity contribution is 0.270. The quantitative estimate of drug-likeness (QED) is 0.763. The van der Waals surface area contributed by atoms with Gasteiger partial charge in [0.05, 0.1) is 16.8 Å². The Morgan fingerprint density at radius 1 is 1.21 bits per heavy atom. The Hall–Kier alpha value is -1.23. The van der Waals surface area contributed by atoms with Crippen LogP contribution >= 0.6 is 0 Å². The molecule has 24 heavy (non-hydrogen) atoms. The minimum atomic E-state index is -3.79. The molecule has 0 radical (unpaired) electrons. The molecule has 136 valence electrons. The van der Waals surface area contributed by atoms with Crippen LogP contribution < -0.4 is 10.0 Å². The highest BCUT2D eigenvalue weighted by molar-refractivity contribution is 7.92. The molecule has 0 unspecified atom stereocenters. The molecule has 7 nitrogen and oxygen atoms in total. The van der Waals surface area contributed by atoms with E-state index in [1.807, 2.05) is 11.8 Å². The highest BCUT2D eigenvalue weighted by Crippen LogP contribution is 2.26. The Morgan fingerprint density at radius 3 is 2.33 bits per heavy atom. The Bertz CT molecular complexity index is 788. The molecule has 0 bridgehead atoms. The van der Waals surface area contributed by atoms with Gasteiger partial charge in [-0.1, -0.05) is 0 Å². The van der Waals surface area contributed by atoms with E-state index in [9.17, 15) is 21.2 Å². The normalized spacial score (nSPS) is 17.8. The highest BCUT2D eigenvalue weighted by Gasteiger charge is 2.29. The number of hydrogen-bond acceptors (Lipinski definition) is 5. The molecule has 1 aromatic carbocycles. The maximum Gasteiger partial charge on any atom is 0.243 e. The summed E-state index contributed by atoms with van der Waals surface area (Å²) in [6, 6.07) is 3.19. The fourth-order valence-corrected chi connectivity index (χ4v) is 4.78. The van der Waals surface area contributed by atoms with Crippen molar-refractivity contribution in [3.63, 3.8) is 0 Å². The molecule has 0 spiro atoms. The molecule has 0 aromatic heterocycles. The third kappa shape index (κ3) is 4.65. The van der Waals surface area contributed by atoms with Crippen LogP contribution in [0.25, 0.3) is 0 Å². The van der Waals surface area contributed by atoms with Crippen LogP contribution in [0.4, 0.5) is 10.1 Å². The zero-order valence-corrected chi connectivity index (χ0v) is 15.3. The van der Waals surface area contributed by atoms with Crippen molar-refractivity contribution in [2.24, 2.45) is 5.92 Å². The molecule has 1 saturated heterocycles. The average molecular weight is 379 g/mol. The number of benzene rings is 1. The number of piperidine rings is 1. The minimum Gasteiger partial charge on any atom is -0.319 e. The maximum atomic E-state index is 14.0. The van der Waals surface area contributed by atoms with Gasteiger partial charge >= 0.3 is 0 Å². The zero-order chi connectivity index (χ0) is 18.0. The molecule has 1 aromatic rings. The summed E-state index contributed by atoms with van der Waals surface area (Å²) >= 11 is 0. The summed E-state index contributed by atoms with van der Waals surface area (Å²) < 4.78 is 64.9. The zero-order valence-electron chi connectivity index (χ0n) is 13.6. The minimum absolute atomic E-state index is 0.175. The Labute approximate surface area is 142 Å². The van der Waals surface area contributed by atoms with Crippen LogP contribution in [0.3, 0.4) is 0 Å². The van der Waals surface area contributed by atoms with Crippen molar-refractivity contribution in [2.75, 3.05) is 37.7 Å². The van der Waals surface area contributed by atoms with Gasteiger partial charge in [-0.2, -0.15) is 4.31 Å². The van der Waals surface area contributed by atoms with Crippen molar-refractivity contribution in [2.45, 2.75) is 17.7 Å². The molecule has 0 atom stereocenters. The summed E-state index contributed by atoms with van der Waals surface area (Å²) in [5.74, 6) is -0.494. The van der Waals surface area contributed by atoms with Gasteiger partial charge in [0.15, 0.2) is 0 Å².